The molecule has 0 aliphatic rings. The van der Waals surface area contributed by atoms with E-state index in [-0.39, 0.29) is 11.5 Å². The minimum Gasteiger partial charge on any atom is -0.504 e. The number of carbonyl (C=O) groups is 1. The summed E-state index contributed by atoms with van der Waals surface area (Å²) < 4.78 is 0. The molecule has 2 rings (SSSR count). The van der Waals surface area contributed by atoms with E-state index in [1.807, 2.05) is 12.1 Å². The molecule has 1 N–H and O–H groups in total. The average molecular weight is 561 g/mol. The van der Waals surface area contributed by atoms with Crippen LogP contribution in [0.25, 0.3) is 6.08 Å². The minimum atomic E-state index is -0.233. The van der Waals surface area contributed by atoms with Crippen LogP contribution in [0, 0.1) is 0 Å². The van der Waals surface area contributed by atoms with E-state index in [0.29, 0.717) is 29.2 Å². The second-order valence-corrected chi connectivity index (χ2v) is 12.1. The van der Waals surface area contributed by atoms with Gasteiger partial charge in [-0.25, -0.2) is 0 Å². The number of benzene rings is 2. The van der Waals surface area contributed by atoms with Gasteiger partial charge in [0.15, 0.2) is 5.76 Å². The summed E-state index contributed by atoms with van der Waals surface area (Å²) in [6.07, 6.45) is 14.9. The van der Waals surface area contributed by atoms with Gasteiger partial charge in [-0.1, -0.05) is 117 Å². The van der Waals surface area contributed by atoms with Crippen molar-refractivity contribution in [1.29, 1.82) is 0 Å². The first-order valence-corrected chi connectivity index (χ1v) is 17.1. The van der Waals surface area contributed by atoms with Gasteiger partial charge in [-0.3, -0.25) is 4.79 Å². The monoisotopic (exact) mass is 560 g/mol. The predicted octanol–water partition coefficient (Wildman–Crippen LogP) is 12.6. The molecule has 0 saturated heterocycles. The summed E-state index contributed by atoms with van der Waals surface area (Å²) in [5.41, 5.74) is 6.78. The molecule has 0 aliphatic heterocycles. The Morgan fingerprint density at radius 2 is 1.17 bits per heavy atom. The van der Waals surface area contributed by atoms with Gasteiger partial charge in [0.2, 0.25) is 5.78 Å². The number of aliphatic hydroxyl groups excluding tert-OH is 1. The lowest BCUT2D eigenvalue weighted by atomic mass is 9.78. The predicted molar refractivity (Wildman–Crippen MR) is 180 cm³/mol. The molecule has 0 bridgehead atoms. The van der Waals surface area contributed by atoms with Crippen LogP contribution in [0.5, 0.6) is 0 Å². The third kappa shape index (κ3) is 9.07. The van der Waals surface area contributed by atoms with Gasteiger partial charge in [0.25, 0.3) is 0 Å². The van der Waals surface area contributed by atoms with Crippen LogP contribution in [-0.2, 0) is 0 Å². The number of rotatable bonds is 19. The first-order chi connectivity index (χ1) is 19.8. The smallest absolute Gasteiger partial charge is 0.227 e. The maximum Gasteiger partial charge on any atom is 0.227 e. The van der Waals surface area contributed by atoms with Gasteiger partial charge >= 0.3 is 0 Å². The first kappa shape index (κ1) is 34.8. The Kier molecular flexibility index (Phi) is 15.5. The number of allylic oxidation sites excluding steroid dienone is 1. The quantitative estimate of drug-likeness (QED) is 0.105. The largest absolute Gasteiger partial charge is 0.504 e. The highest BCUT2D eigenvalue weighted by Crippen LogP contribution is 2.39. The normalized spacial score (nSPS) is 15.0. The van der Waals surface area contributed by atoms with Gasteiger partial charge < -0.3 is 5.11 Å². The molecule has 228 valence electrons. The molecule has 0 aromatic heterocycles. The summed E-state index contributed by atoms with van der Waals surface area (Å²) >= 11 is 0. The van der Waals surface area contributed by atoms with Gasteiger partial charge in [0, 0.05) is 5.56 Å². The fourth-order valence-corrected chi connectivity index (χ4v) is 7.00. The maximum absolute atomic E-state index is 14.2. The summed E-state index contributed by atoms with van der Waals surface area (Å²) in [6, 6.07) is 13.1. The third-order valence-corrected chi connectivity index (χ3v) is 9.30. The molecule has 0 saturated carbocycles. The van der Waals surface area contributed by atoms with E-state index in [9.17, 15) is 9.90 Å². The molecule has 0 radical (unpaired) electrons. The van der Waals surface area contributed by atoms with Crippen molar-refractivity contribution in [2.75, 3.05) is 0 Å². The van der Waals surface area contributed by atoms with Crippen LogP contribution >= 0.6 is 0 Å². The van der Waals surface area contributed by atoms with E-state index >= 15 is 0 Å². The Balaban J connectivity index is 2.73. The van der Waals surface area contributed by atoms with Crippen LogP contribution in [0.15, 0.2) is 42.2 Å². The van der Waals surface area contributed by atoms with Crippen molar-refractivity contribution in [1.82, 2.24) is 0 Å². The molecule has 2 aromatic rings. The minimum absolute atomic E-state index is 0.133. The Morgan fingerprint density at radius 3 is 1.71 bits per heavy atom. The lowest BCUT2D eigenvalue weighted by molar-refractivity contribution is 0.0978. The SMILES string of the molecule is CCCC(CC)c1ccc(C(CC)CCC)c(C=C(O)C(=O)c2cccc(C(CC)CCC)c2C(CC)CCC)c1. The number of carbonyl (C=O) groups excluding carboxylic acids is 1. The zero-order valence-corrected chi connectivity index (χ0v) is 27.7. The van der Waals surface area contributed by atoms with Crippen molar-refractivity contribution < 1.29 is 9.90 Å². The highest BCUT2D eigenvalue weighted by atomic mass is 16.3. The molecule has 0 heterocycles. The molecular weight excluding hydrogens is 500 g/mol. The topological polar surface area (TPSA) is 37.3 Å². The molecule has 0 fully saturated rings. The highest BCUT2D eigenvalue weighted by molar-refractivity contribution is 6.10. The third-order valence-electron chi connectivity index (χ3n) is 9.30. The lowest BCUT2D eigenvalue weighted by Gasteiger charge is -2.26. The maximum atomic E-state index is 14.2. The van der Waals surface area contributed by atoms with Crippen LogP contribution in [-0.4, -0.2) is 10.9 Å². The molecule has 0 aliphatic carbocycles. The van der Waals surface area contributed by atoms with E-state index in [1.165, 1.54) is 22.3 Å². The van der Waals surface area contributed by atoms with Crippen molar-refractivity contribution in [3.05, 3.63) is 75.5 Å². The molecule has 41 heavy (non-hydrogen) atoms. The van der Waals surface area contributed by atoms with Crippen LogP contribution in [0.4, 0.5) is 0 Å². The van der Waals surface area contributed by atoms with Gasteiger partial charge in [-0.2, -0.15) is 0 Å². The van der Waals surface area contributed by atoms with Crippen molar-refractivity contribution in [3.8, 4) is 0 Å². The van der Waals surface area contributed by atoms with E-state index < -0.39 is 0 Å². The fourth-order valence-electron chi connectivity index (χ4n) is 7.00. The summed E-state index contributed by atoms with van der Waals surface area (Å²) in [5.74, 6) is 1.31. The number of Topliss-reactive ketones (excluding diaryl/α,β-unsaturated/α-hetero) is 1. The zero-order chi connectivity index (χ0) is 30.4. The van der Waals surface area contributed by atoms with Gasteiger partial charge in [-0.15, -0.1) is 0 Å². The Morgan fingerprint density at radius 1 is 0.659 bits per heavy atom. The van der Waals surface area contributed by atoms with Crippen molar-refractivity contribution >= 4 is 11.9 Å². The Bertz CT molecular complexity index is 1090. The first-order valence-electron chi connectivity index (χ1n) is 17.1. The molecule has 4 unspecified atom stereocenters. The second-order valence-electron chi connectivity index (χ2n) is 12.1. The molecule has 2 heteroatoms. The molecule has 0 amide bonds. The Labute approximate surface area is 253 Å². The van der Waals surface area contributed by atoms with E-state index in [4.69, 9.17) is 0 Å². The van der Waals surface area contributed by atoms with Gasteiger partial charge in [0.05, 0.1) is 0 Å². The lowest BCUT2D eigenvalue weighted by Crippen LogP contribution is -2.15. The fraction of sp³-hybridized carbons (Fsp3) is 0.615. The van der Waals surface area contributed by atoms with Crippen molar-refractivity contribution in [2.45, 2.75) is 156 Å². The van der Waals surface area contributed by atoms with Crippen molar-refractivity contribution in [3.63, 3.8) is 0 Å². The molecule has 4 atom stereocenters. The summed E-state index contributed by atoms with van der Waals surface area (Å²) in [6.45, 7) is 17.9. The second kappa shape index (κ2) is 18.2. The van der Waals surface area contributed by atoms with E-state index in [1.54, 1.807) is 6.08 Å². The Hall–Kier alpha value is -2.35. The number of hydrogen-bond donors (Lipinski definition) is 1. The number of ketones is 1. The standard InChI is InChI=1S/C39H60O2/c1-9-18-28(13-5)32-24-25-34(29(14-6)19-10-2)33(26-32)27-37(40)39(41)36-23-17-22-35(30(15-7)20-11-3)38(36)31(16-8)21-12-4/h17,22-31,40H,9-16,18-21H2,1-8H3. The van der Waals surface area contributed by atoms with Crippen LogP contribution < -0.4 is 0 Å². The molecular formula is C39H60O2. The molecule has 2 aromatic carbocycles. The van der Waals surface area contributed by atoms with Gasteiger partial charge in [0.1, 0.15) is 0 Å². The zero-order valence-electron chi connectivity index (χ0n) is 27.7. The van der Waals surface area contributed by atoms with Crippen LogP contribution in [0.3, 0.4) is 0 Å². The van der Waals surface area contributed by atoms with Crippen LogP contribution in [0.1, 0.15) is 194 Å². The number of aliphatic hydroxyl groups is 1. The summed E-state index contributed by atoms with van der Waals surface area (Å²) in [4.78, 5) is 14.2. The summed E-state index contributed by atoms with van der Waals surface area (Å²) in [7, 11) is 0. The molecule has 0 spiro atoms. The van der Waals surface area contributed by atoms with Crippen molar-refractivity contribution in [2.24, 2.45) is 0 Å². The van der Waals surface area contributed by atoms with E-state index in [0.717, 1.165) is 82.6 Å². The molecule has 2 nitrogen and oxygen atoms in total. The highest BCUT2D eigenvalue weighted by Gasteiger charge is 2.26. The van der Waals surface area contributed by atoms with Gasteiger partial charge in [-0.05, 0) is 109 Å². The summed E-state index contributed by atoms with van der Waals surface area (Å²) in [5, 5.41) is 11.5. The average Bonchev–Trinajstić information content (AvgIpc) is 2.99. The van der Waals surface area contributed by atoms with Crippen LogP contribution in [0.2, 0.25) is 0 Å². The van der Waals surface area contributed by atoms with E-state index in [2.05, 4.69) is 79.7 Å². The number of hydrogen-bond acceptors (Lipinski definition) is 2.